The van der Waals surface area contributed by atoms with Gasteiger partial charge in [0.05, 0.1) is 11.7 Å². The Labute approximate surface area is 124 Å². The number of carbonyl (C=O) groups excluding carboxylic acids is 2. The van der Waals surface area contributed by atoms with Gasteiger partial charge in [0.1, 0.15) is 0 Å². The third-order valence-corrected chi connectivity index (χ3v) is 3.63. The quantitative estimate of drug-likeness (QED) is 0.840. The molecule has 21 heavy (non-hydrogen) atoms. The van der Waals surface area contributed by atoms with Crippen LogP contribution in [-0.2, 0) is 14.3 Å². The molecule has 1 atom stereocenters. The summed E-state index contributed by atoms with van der Waals surface area (Å²) in [5.74, 6) is -0.784. The summed E-state index contributed by atoms with van der Waals surface area (Å²) in [6, 6.07) is 5.33. The third-order valence-electron chi connectivity index (χ3n) is 3.63. The van der Waals surface area contributed by atoms with Crippen molar-refractivity contribution in [1.82, 2.24) is 5.32 Å². The summed E-state index contributed by atoms with van der Waals surface area (Å²) in [5, 5.41) is 2.71. The van der Waals surface area contributed by atoms with Crippen LogP contribution in [0.3, 0.4) is 0 Å². The van der Waals surface area contributed by atoms with Gasteiger partial charge >= 0.3 is 5.97 Å². The molecule has 5 heteroatoms. The summed E-state index contributed by atoms with van der Waals surface area (Å²) in [5.41, 5.74) is 2.60. The second kappa shape index (κ2) is 7.22. The monoisotopic (exact) mass is 291 g/mol. The number of ether oxygens (including phenoxy) is 2. The van der Waals surface area contributed by atoms with Gasteiger partial charge in [-0.25, -0.2) is 4.79 Å². The number of rotatable bonds is 5. The number of aryl methyl sites for hydroxylation is 2. The third kappa shape index (κ3) is 4.56. The van der Waals surface area contributed by atoms with E-state index in [9.17, 15) is 9.59 Å². The summed E-state index contributed by atoms with van der Waals surface area (Å²) in [6.07, 6.45) is 2.08. The highest BCUT2D eigenvalue weighted by molar-refractivity contribution is 5.91. The van der Waals surface area contributed by atoms with E-state index in [0.717, 1.165) is 30.6 Å². The van der Waals surface area contributed by atoms with E-state index in [2.05, 4.69) is 5.32 Å². The van der Waals surface area contributed by atoms with Gasteiger partial charge in [0.25, 0.3) is 5.91 Å². The van der Waals surface area contributed by atoms with Crippen molar-refractivity contribution in [3.63, 3.8) is 0 Å². The lowest BCUT2D eigenvalue weighted by atomic mass is 10.1. The van der Waals surface area contributed by atoms with Gasteiger partial charge in [-0.05, 0) is 49.9 Å². The van der Waals surface area contributed by atoms with Crippen molar-refractivity contribution in [3.8, 4) is 0 Å². The molecule has 1 aliphatic heterocycles. The molecule has 1 aromatic carbocycles. The molecule has 1 aromatic rings. The fourth-order valence-corrected chi connectivity index (χ4v) is 2.17. The van der Waals surface area contributed by atoms with Crippen LogP contribution in [0.2, 0.25) is 0 Å². The zero-order valence-corrected chi connectivity index (χ0v) is 12.5. The molecule has 1 fully saturated rings. The van der Waals surface area contributed by atoms with E-state index in [-0.39, 0.29) is 18.6 Å². The van der Waals surface area contributed by atoms with Crippen LogP contribution >= 0.6 is 0 Å². The SMILES string of the molecule is Cc1ccc(C(=O)OCC(=O)NC[C@H]2CCCO2)cc1C. The fourth-order valence-electron chi connectivity index (χ4n) is 2.17. The van der Waals surface area contributed by atoms with Crippen LogP contribution in [0.1, 0.15) is 34.3 Å². The van der Waals surface area contributed by atoms with E-state index in [4.69, 9.17) is 9.47 Å². The van der Waals surface area contributed by atoms with E-state index < -0.39 is 5.97 Å². The minimum Gasteiger partial charge on any atom is -0.452 e. The molecule has 1 N–H and O–H groups in total. The maximum absolute atomic E-state index is 11.8. The van der Waals surface area contributed by atoms with Gasteiger partial charge in [0.2, 0.25) is 0 Å². The highest BCUT2D eigenvalue weighted by atomic mass is 16.5. The van der Waals surface area contributed by atoms with Gasteiger partial charge < -0.3 is 14.8 Å². The highest BCUT2D eigenvalue weighted by Crippen LogP contribution is 2.11. The smallest absolute Gasteiger partial charge is 0.338 e. The van der Waals surface area contributed by atoms with Crippen molar-refractivity contribution >= 4 is 11.9 Å². The number of hydrogen-bond donors (Lipinski definition) is 1. The van der Waals surface area contributed by atoms with E-state index in [1.54, 1.807) is 12.1 Å². The summed E-state index contributed by atoms with van der Waals surface area (Å²) in [7, 11) is 0. The highest BCUT2D eigenvalue weighted by Gasteiger charge is 2.17. The van der Waals surface area contributed by atoms with Crippen molar-refractivity contribution < 1.29 is 19.1 Å². The first-order chi connectivity index (χ1) is 10.1. The number of amides is 1. The van der Waals surface area contributed by atoms with E-state index >= 15 is 0 Å². The molecule has 0 aliphatic carbocycles. The molecule has 1 amide bonds. The van der Waals surface area contributed by atoms with Crippen molar-refractivity contribution in [2.45, 2.75) is 32.8 Å². The average Bonchev–Trinajstić information content (AvgIpc) is 2.98. The predicted molar refractivity (Wildman–Crippen MR) is 78.2 cm³/mol. The van der Waals surface area contributed by atoms with Gasteiger partial charge in [-0.3, -0.25) is 4.79 Å². The Morgan fingerprint density at radius 2 is 2.14 bits per heavy atom. The van der Waals surface area contributed by atoms with Crippen molar-refractivity contribution in [2.24, 2.45) is 0 Å². The molecule has 1 heterocycles. The number of benzene rings is 1. The Balaban J connectivity index is 1.74. The van der Waals surface area contributed by atoms with Crippen LogP contribution in [0.5, 0.6) is 0 Å². The van der Waals surface area contributed by atoms with Crippen molar-refractivity contribution in [2.75, 3.05) is 19.8 Å². The number of hydrogen-bond acceptors (Lipinski definition) is 4. The first-order valence-electron chi connectivity index (χ1n) is 7.19. The minimum absolute atomic E-state index is 0.0874. The summed E-state index contributed by atoms with van der Waals surface area (Å²) in [4.78, 5) is 23.5. The molecular formula is C16H21NO4. The molecule has 0 bridgehead atoms. The van der Waals surface area contributed by atoms with Crippen LogP contribution in [-0.4, -0.2) is 37.7 Å². The van der Waals surface area contributed by atoms with Crippen LogP contribution in [0.15, 0.2) is 18.2 Å². The standard InChI is InChI=1S/C16H21NO4/c1-11-5-6-13(8-12(11)2)16(19)21-10-15(18)17-9-14-4-3-7-20-14/h5-6,8,14H,3-4,7,9-10H2,1-2H3,(H,17,18)/t14-/m1/s1. The molecule has 1 aliphatic rings. The first-order valence-corrected chi connectivity index (χ1v) is 7.19. The molecule has 2 rings (SSSR count). The van der Waals surface area contributed by atoms with Crippen LogP contribution < -0.4 is 5.32 Å². The van der Waals surface area contributed by atoms with Crippen LogP contribution in [0.25, 0.3) is 0 Å². The lowest BCUT2D eigenvalue weighted by Crippen LogP contribution is -2.34. The van der Waals surface area contributed by atoms with Gasteiger partial charge in [-0.1, -0.05) is 6.07 Å². The van der Waals surface area contributed by atoms with Gasteiger partial charge in [-0.15, -0.1) is 0 Å². The van der Waals surface area contributed by atoms with Gasteiger partial charge in [0.15, 0.2) is 6.61 Å². The van der Waals surface area contributed by atoms with Gasteiger partial charge in [-0.2, -0.15) is 0 Å². The number of carbonyl (C=O) groups is 2. The number of esters is 1. The largest absolute Gasteiger partial charge is 0.452 e. The maximum atomic E-state index is 11.8. The Hall–Kier alpha value is -1.88. The molecule has 0 saturated carbocycles. The topological polar surface area (TPSA) is 64.6 Å². The Bertz CT molecular complexity index is 521. The molecule has 0 radical (unpaired) electrons. The minimum atomic E-state index is -0.481. The van der Waals surface area contributed by atoms with Crippen molar-refractivity contribution in [3.05, 3.63) is 34.9 Å². The molecule has 5 nitrogen and oxygen atoms in total. The molecule has 1 saturated heterocycles. The summed E-state index contributed by atoms with van der Waals surface area (Å²) in [6.45, 7) is 4.87. The molecular weight excluding hydrogens is 270 g/mol. The Morgan fingerprint density at radius 1 is 1.33 bits per heavy atom. The number of nitrogens with one attached hydrogen (secondary N) is 1. The van der Waals surface area contributed by atoms with E-state index in [1.165, 1.54) is 0 Å². The lowest BCUT2D eigenvalue weighted by Gasteiger charge is -2.11. The maximum Gasteiger partial charge on any atom is 0.338 e. The van der Waals surface area contributed by atoms with Crippen molar-refractivity contribution in [1.29, 1.82) is 0 Å². The summed E-state index contributed by atoms with van der Waals surface area (Å²) < 4.78 is 10.4. The molecule has 0 spiro atoms. The normalized spacial score (nSPS) is 17.5. The molecule has 114 valence electrons. The van der Waals surface area contributed by atoms with E-state index in [0.29, 0.717) is 12.1 Å². The van der Waals surface area contributed by atoms with Crippen LogP contribution in [0.4, 0.5) is 0 Å². The fraction of sp³-hybridized carbons (Fsp3) is 0.500. The molecule has 0 aromatic heterocycles. The predicted octanol–water partition coefficient (Wildman–Crippen LogP) is 1.76. The van der Waals surface area contributed by atoms with Gasteiger partial charge in [0, 0.05) is 13.2 Å². The van der Waals surface area contributed by atoms with Crippen LogP contribution in [0, 0.1) is 13.8 Å². The molecule has 0 unspecified atom stereocenters. The Morgan fingerprint density at radius 3 is 2.81 bits per heavy atom. The van der Waals surface area contributed by atoms with E-state index in [1.807, 2.05) is 19.9 Å². The lowest BCUT2D eigenvalue weighted by molar-refractivity contribution is -0.124. The second-order valence-electron chi connectivity index (χ2n) is 5.31. The summed E-state index contributed by atoms with van der Waals surface area (Å²) >= 11 is 0. The zero-order chi connectivity index (χ0) is 15.2. The Kier molecular flexibility index (Phi) is 5.33. The first kappa shape index (κ1) is 15.5. The average molecular weight is 291 g/mol. The zero-order valence-electron chi connectivity index (χ0n) is 12.5. The second-order valence-corrected chi connectivity index (χ2v) is 5.31.